The average molecular weight is 511 g/mol. The number of rotatable bonds is 12. The van der Waals surface area contributed by atoms with Crippen LogP contribution in [0.3, 0.4) is 0 Å². The number of halogens is 3. The zero-order valence-electron chi connectivity index (χ0n) is 21.0. The van der Waals surface area contributed by atoms with E-state index in [2.05, 4.69) is 10.6 Å². The van der Waals surface area contributed by atoms with Gasteiger partial charge >= 0.3 is 12.1 Å². The molecule has 1 unspecified atom stereocenters. The van der Waals surface area contributed by atoms with Crippen molar-refractivity contribution in [1.29, 1.82) is 0 Å². The molecular weight excluding hydrogens is 477 g/mol. The number of amides is 1. The minimum Gasteiger partial charge on any atom is -0.478 e. The molecule has 0 aliphatic rings. The Morgan fingerprint density at radius 3 is 2.22 bits per heavy atom. The first-order valence-corrected chi connectivity index (χ1v) is 11.5. The molecular formula is C26H33F3N2O5. The second-order valence-electron chi connectivity index (χ2n) is 9.22. The van der Waals surface area contributed by atoms with Crippen LogP contribution in [0, 0.1) is 0 Å². The Morgan fingerprint density at radius 1 is 1.06 bits per heavy atom. The monoisotopic (exact) mass is 510 g/mol. The number of hydrogen-bond donors (Lipinski definition) is 3. The summed E-state index contributed by atoms with van der Waals surface area (Å²) in [5, 5.41) is 14.7. The van der Waals surface area contributed by atoms with Gasteiger partial charge in [0.1, 0.15) is 5.75 Å². The lowest BCUT2D eigenvalue weighted by Crippen LogP contribution is -2.41. The van der Waals surface area contributed by atoms with Crippen LogP contribution >= 0.6 is 0 Å². The van der Waals surface area contributed by atoms with E-state index in [-0.39, 0.29) is 31.2 Å². The normalized spacial score (nSPS) is 12.9. The zero-order chi connectivity index (χ0) is 27.1. The van der Waals surface area contributed by atoms with Crippen LogP contribution in [0.2, 0.25) is 0 Å². The van der Waals surface area contributed by atoms with Crippen LogP contribution in [0.15, 0.2) is 42.5 Å². The van der Waals surface area contributed by atoms with E-state index in [1.807, 2.05) is 0 Å². The second kappa shape index (κ2) is 12.2. The van der Waals surface area contributed by atoms with Crippen LogP contribution in [0.5, 0.6) is 5.75 Å². The lowest BCUT2D eigenvalue weighted by molar-refractivity contribution is -0.152. The molecule has 0 aliphatic carbocycles. The molecule has 3 N–H and O–H groups in total. The molecule has 10 heteroatoms. The van der Waals surface area contributed by atoms with Gasteiger partial charge in [-0.05, 0) is 61.6 Å². The Hall–Kier alpha value is -3.11. The van der Waals surface area contributed by atoms with E-state index in [0.29, 0.717) is 11.3 Å². The van der Waals surface area contributed by atoms with Gasteiger partial charge in [-0.2, -0.15) is 13.2 Å². The highest BCUT2D eigenvalue weighted by atomic mass is 19.4. The summed E-state index contributed by atoms with van der Waals surface area (Å²) in [7, 11) is 1.47. The fraction of sp³-hybridized carbons (Fsp3) is 0.462. The maximum absolute atomic E-state index is 13.7. The van der Waals surface area contributed by atoms with Gasteiger partial charge in [0.2, 0.25) is 5.91 Å². The number of carbonyl (C=O) groups is 2. The van der Waals surface area contributed by atoms with Crippen LogP contribution in [-0.4, -0.2) is 42.3 Å². The fourth-order valence-electron chi connectivity index (χ4n) is 3.30. The van der Waals surface area contributed by atoms with Crippen molar-refractivity contribution in [1.82, 2.24) is 5.32 Å². The summed E-state index contributed by atoms with van der Waals surface area (Å²) >= 11 is 0. The van der Waals surface area contributed by atoms with Gasteiger partial charge in [0.15, 0.2) is 5.60 Å². The molecule has 1 atom stereocenters. The molecule has 2 aromatic rings. The summed E-state index contributed by atoms with van der Waals surface area (Å²) in [5.74, 6) is -1.45. The minimum atomic E-state index is -4.62. The molecule has 0 aromatic heterocycles. The van der Waals surface area contributed by atoms with Crippen molar-refractivity contribution in [3.05, 3.63) is 59.2 Å². The Kier molecular flexibility index (Phi) is 9.89. The van der Waals surface area contributed by atoms with Crippen LogP contribution in [0.25, 0.3) is 0 Å². The van der Waals surface area contributed by atoms with Gasteiger partial charge in [0.25, 0.3) is 0 Å². The van der Waals surface area contributed by atoms with Crippen molar-refractivity contribution in [3.63, 3.8) is 0 Å². The molecule has 0 aliphatic heterocycles. The van der Waals surface area contributed by atoms with Gasteiger partial charge in [-0.25, -0.2) is 4.79 Å². The van der Waals surface area contributed by atoms with E-state index in [9.17, 15) is 27.9 Å². The zero-order valence-corrected chi connectivity index (χ0v) is 21.0. The predicted molar refractivity (Wildman–Crippen MR) is 130 cm³/mol. The first-order chi connectivity index (χ1) is 16.7. The molecule has 0 saturated heterocycles. The average Bonchev–Trinajstić information content (AvgIpc) is 2.79. The van der Waals surface area contributed by atoms with Crippen molar-refractivity contribution in [3.8, 4) is 5.75 Å². The van der Waals surface area contributed by atoms with E-state index in [4.69, 9.17) is 9.47 Å². The molecule has 2 aromatic carbocycles. The SMILES string of the molecule is COCCC(NCc1ccc(OC(C)(C)C(=O)O)cc1)C(=O)Nc1ccc(C(C)C)cc1C(F)(F)F. The van der Waals surface area contributed by atoms with E-state index >= 15 is 0 Å². The third kappa shape index (κ3) is 8.23. The molecule has 1 amide bonds. The molecule has 0 bridgehead atoms. The number of benzene rings is 2. The predicted octanol–water partition coefficient (Wildman–Crippen LogP) is 5.20. The van der Waals surface area contributed by atoms with Gasteiger partial charge in [-0.3, -0.25) is 4.79 Å². The number of carbonyl (C=O) groups excluding carboxylic acids is 1. The number of aliphatic carboxylic acids is 1. The van der Waals surface area contributed by atoms with Crippen LogP contribution < -0.4 is 15.4 Å². The lowest BCUT2D eigenvalue weighted by Gasteiger charge is -2.22. The summed E-state index contributed by atoms with van der Waals surface area (Å²) in [6.07, 6.45) is -4.39. The maximum Gasteiger partial charge on any atom is 0.418 e. The van der Waals surface area contributed by atoms with Crippen LogP contribution in [-0.2, 0) is 27.0 Å². The van der Waals surface area contributed by atoms with Gasteiger partial charge in [-0.1, -0.05) is 32.0 Å². The number of carboxylic acid groups (broad SMARTS) is 1. The Morgan fingerprint density at radius 2 is 1.69 bits per heavy atom. The number of ether oxygens (including phenoxy) is 2. The van der Waals surface area contributed by atoms with Crippen LogP contribution in [0.4, 0.5) is 18.9 Å². The van der Waals surface area contributed by atoms with Crippen molar-refractivity contribution >= 4 is 17.6 Å². The first kappa shape index (κ1) is 29.1. The third-order valence-corrected chi connectivity index (χ3v) is 5.56. The Labute approximate surface area is 209 Å². The van der Waals surface area contributed by atoms with Gasteiger partial charge in [-0.15, -0.1) is 0 Å². The molecule has 0 heterocycles. The second-order valence-corrected chi connectivity index (χ2v) is 9.22. The van der Waals surface area contributed by atoms with Gasteiger partial charge in [0, 0.05) is 20.3 Å². The molecule has 36 heavy (non-hydrogen) atoms. The molecule has 7 nitrogen and oxygen atoms in total. The highest BCUT2D eigenvalue weighted by Crippen LogP contribution is 2.37. The van der Waals surface area contributed by atoms with Gasteiger partial charge in [0.05, 0.1) is 17.3 Å². The Balaban J connectivity index is 2.13. The molecule has 198 valence electrons. The molecule has 0 saturated carbocycles. The molecule has 0 fully saturated rings. The number of alkyl halides is 3. The lowest BCUT2D eigenvalue weighted by atomic mass is 9.99. The third-order valence-electron chi connectivity index (χ3n) is 5.56. The number of carboxylic acids is 1. The number of methoxy groups -OCH3 is 1. The summed E-state index contributed by atoms with van der Waals surface area (Å²) in [6, 6.07) is 9.72. The summed E-state index contributed by atoms with van der Waals surface area (Å²) < 4.78 is 51.5. The van der Waals surface area contributed by atoms with Crippen molar-refractivity contribution in [2.45, 2.75) is 64.4 Å². The molecule has 0 radical (unpaired) electrons. The number of nitrogens with one attached hydrogen (secondary N) is 2. The summed E-state index contributed by atoms with van der Waals surface area (Å²) in [5.41, 5.74) is -1.31. The van der Waals surface area contributed by atoms with Crippen molar-refractivity contribution in [2.75, 3.05) is 19.0 Å². The molecule has 2 rings (SSSR count). The smallest absolute Gasteiger partial charge is 0.418 e. The highest BCUT2D eigenvalue weighted by molar-refractivity contribution is 5.95. The topological polar surface area (TPSA) is 96.9 Å². The van der Waals surface area contributed by atoms with E-state index in [0.717, 1.165) is 11.6 Å². The molecule has 0 spiro atoms. The number of anilines is 1. The standard InChI is InChI=1S/C26H33F3N2O5/c1-16(2)18-8-11-21(20(14-18)26(27,28)29)31-23(32)22(12-13-35-5)30-15-17-6-9-19(10-7-17)36-25(3,4)24(33)34/h6-11,14,16,22,30H,12-13,15H2,1-5H3,(H,31,32)(H,33,34). The Bertz CT molecular complexity index is 1040. The summed E-state index contributed by atoms with van der Waals surface area (Å²) in [4.78, 5) is 24.2. The van der Waals surface area contributed by atoms with Crippen LogP contribution in [0.1, 0.15) is 56.7 Å². The minimum absolute atomic E-state index is 0.0982. The largest absolute Gasteiger partial charge is 0.478 e. The van der Waals surface area contributed by atoms with Crippen molar-refractivity contribution in [2.24, 2.45) is 0 Å². The number of hydrogen-bond acceptors (Lipinski definition) is 5. The van der Waals surface area contributed by atoms with E-state index < -0.39 is 35.3 Å². The summed E-state index contributed by atoms with van der Waals surface area (Å²) in [6.45, 7) is 6.92. The highest BCUT2D eigenvalue weighted by Gasteiger charge is 2.35. The first-order valence-electron chi connectivity index (χ1n) is 11.5. The van der Waals surface area contributed by atoms with E-state index in [1.165, 1.54) is 27.0 Å². The maximum atomic E-state index is 13.7. The fourth-order valence-corrected chi connectivity index (χ4v) is 3.30. The van der Waals surface area contributed by atoms with E-state index in [1.54, 1.807) is 44.2 Å². The van der Waals surface area contributed by atoms with Gasteiger partial charge < -0.3 is 25.2 Å². The van der Waals surface area contributed by atoms with Crippen molar-refractivity contribution < 1.29 is 37.3 Å². The quantitative estimate of drug-likeness (QED) is 0.363.